The van der Waals surface area contributed by atoms with Gasteiger partial charge in [0.1, 0.15) is 5.82 Å². The second kappa shape index (κ2) is 8.02. The van der Waals surface area contributed by atoms with Crippen LogP contribution in [0.5, 0.6) is 0 Å². The molecule has 2 nitrogen and oxygen atoms in total. The fourth-order valence-electron chi connectivity index (χ4n) is 1.36. The van der Waals surface area contributed by atoms with E-state index in [1.165, 1.54) is 12.1 Å². The predicted molar refractivity (Wildman–Crippen MR) is 79.2 cm³/mol. The van der Waals surface area contributed by atoms with Crippen molar-refractivity contribution in [3.05, 3.63) is 34.1 Å². The lowest BCUT2D eigenvalue weighted by molar-refractivity contribution is 0.0949. The van der Waals surface area contributed by atoms with Crippen molar-refractivity contribution >= 4 is 44.4 Å². The van der Waals surface area contributed by atoms with Crippen molar-refractivity contribution in [1.82, 2.24) is 5.32 Å². The molecule has 0 aliphatic heterocycles. The Balaban J connectivity index is 2.44. The first-order valence-corrected chi connectivity index (χ1v) is 7.76. The molecule has 0 fully saturated rings. The molecule has 5 heteroatoms. The lowest BCUT2D eigenvalue weighted by Crippen LogP contribution is -2.25. The number of hydrogen-bond donors (Lipinski definition) is 1. The van der Waals surface area contributed by atoms with E-state index in [1.54, 1.807) is 6.07 Å². The van der Waals surface area contributed by atoms with Gasteiger partial charge in [-0.2, -0.15) is 0 Å². The van der Waals surface area contributed by atoms with E-state index in [9.17, 15) is 9.18 Å². The molecule has 0 saturated carbocycles. The van der Waals surface area contributed by atoms with Crippen LogP contribution < -0.4 is 5.32 Å². The summed E-state index contributed by atoms with van der Waals surface area (Å²) in [6.07, 6.45) is 3.18. The number of amides is 1. The van der Waals surface area contributed by atoms with Crippen LogP contribution in [0.3, 0.4) is 0 Å². The molecule has 1 amide bonds. The minimum Gasteiger partial charge on any atom is -0.352 e. The zero-order valence-corrected chi connectivity index (χ0v) is 13.1. The fraction of sp³-hybridized carbons (Fsp3) is 0.417. The molecule has 0 bridgehead atoms. The Bertz CT molecular complexity index is 387. The number of carbonyl (C=O) groups is 1. The minimum atomic E-state index is -0.488. The lowest BCUT2D eigenvalue weighted by Gasteiger charge is -2.06. The molecule has 1 aromatic rings. The Morgan fingerprint density at radius 1 is 1.35 bits per heavy atom. The summed E-state index contributed by atoms with van der Waals surface area (Å²) in [6, 6.07) is 4.36. The van der Waals surface area contributed by atoms with Crippen LogP contribution in [0, 0.1) is 5.82 Å². The van der Waals surface area contributed by atoms with E-state index in [0.29, 0.717) is 11.0 Å². The Kier molecular flexibility index (Phi) is 7.03. The number of unbranched alkanes of at least 4 members (excludes halogenated alkanes) is 2. The van der Waals surface area contributed by atoms with E-state index in [0.717, 1.165) is 23.7 Å². The number of carbonyl (C=O) groups excluding carboxylic acids is 1. The quantitative estimate of drug-likeness (QED) is 0.427. The Labute approximate surface area is 123 Å². The largest absolute Gasteiger partial charge is 0.352 e. The first-order valence-electron chi connectivity index (χ1n) is 5.44. The molecule has 0 aliphatic rings. The van der Waals surface area contributed by atoms with Crippen molar-refractivity contribution in [2.45, 2.75) is 19.3 Å². The summed E-state index contributed by atoms with van der Waals surface area (Å²) >= 11 is 5.55. The fourth-order valence-corrected chi connectivity index (χ4v) is 2.27. The van der Waals surface area contributed by atoms with Gasteiger partial charge < -0.3 is 5.32 Å². The first-order chi connectivity index (χ1) is 8.15. The summed E-state index contributed by atoms with van der Waals surface area (Å²) in [7, 11) is 0. The van der Waals surface area contributed by atoms with Crippen LogP contribution in [0.25, 0.3) is 0 Å². The summed E-state index contributed by atoms with van der Waals surface area (Å²) in [6.45, 7) is 0.599. The topological polar surface area (TPSA) is 29.1 Å². The average molecular weight is 414 g/mol. The number of halogens is 3. The van der Waals surface area contributed by atoms with E-state index in [2.05, 4.69) is 43.8 Å². The zero-order chi connectivity index (χ0) is 12.7. The van der Waals surface area contributed by atoms with E-state index >= 15 is 0 Å². The van der Waals surface area contributed by atoms with Crippen LogP contribution in [0.2, 0.25) is 0 Å². The smallest absolute Gasteiger partial charge is 0.254 e. The van der Waals surface area contributed by atoms with Crippen molar-refractivity contribution < 1.29 is 9.18 Å². The van der Waals surface area contributed by atoms with Gasteiger partial charge in [-0.15, -0.1) is 0 Å². The van der Waals surface area contributed by atoms with Crippen LogP contribution in [-0.4, -0.2) is 16.9 Å². The van der Waals surface area contributed by atoms with Gasteiger partial charge in [0, 0.05) is 11.0 Å². The normalized spacial score (nSPS) is 10.3. The molecule has 0 atom stereocenters. The van der Waals surface area contributed by atoms with Gasteiger partial charge >= 0.3 is 0 Å². The van der Waals surface area contributed by atoms with Crippen molar-refractivity contribution in [3.8, 4) is 0 Å². The summed E-state index contributed by atoms with van der Waals surface area (Å²) in [4.78, 5) is 11.7. The van der Waals surface area contributed by atoms with Gasteiger partial charge in [-0.1, -0.05) is 44.9 Å². The molecule has 94 valence electrons. The van der Waals surface area contributed by atoms with Crippen LogP contribution in [0.1, 0.15) is 29.6 Å². The third kappa shape index (κ3) is 5.33. The summed E-state index contributed by atoms with van der Waals surface area (Å²) in [5.74, 6) is -0.837. The molecule has 0 aliphatic carbocycles. The number of hydrogen-bond acceptors (Lipinski definition) is 1. The van der Waals surface area contributed by atoms with Crippen LogP contribution in [-0.2, 0) is 0 Å². The van der Waals surface area contributed by atoms with Crippen molar-refractivity contribution in [3.63, 3.8) is 0 Å². The van der Waals surface area contributed by atoms with Gasteiger partial charge in [0.05, 0.1) is 5.56 Å². The molecule has 0 saturated heterocycles. The second-order valence-corrected chi connectivity index (χ2v) is 5.62. The highest BCUT2D eigenvalue weighted by Crippen LogP contribution is 2.15. The van der Waals surface area contributed by atoms with E-state index in [4.69, 9.17) is 0 Å². The molecule has 0 spiro atoms. The summed E-state index contributed by atoms with van der Waals surface area (Å²) < 4.78 is 15.2. The van der Waals surface area contributed by atoms with Crippen molar-refractivity contribution in [2.24, 2.45) is 0 Å². The molecule has 0 radical (unpaired) electrons. The third-order valence-electron chi connectivity index (χ3n) is 2.27. The third-order valence-corrected chi connectivity index (χ3v) is 3.53. The van der Waals surface area contributed by atoms with Gasteiger partial charge in [-0.25, -0.2) is 4.39 Å². The van der Waals surface area contributed by atoms with E-state index in [1.807, 2.05) is 0 Å². The van der Waals surface area contributed by atoms with Gasteiger partial charge in [0.15, 0.2) is 0 Å². The first kappa shape index (κ1) is 14.9. The highest BCUT2D eigenvalue weighted by Gasteiger charge is 2.11. The number of alkyl halides is 1. The van der Waals surface area contributed by atoms with Crippen LogP contribution >= 0.6 is 38.5 Å². The van der Waals surface area contributed by atoms with Crippen LogP contribution in [0.4, 0.5) is 4.39 Å². The highest BCUT2D eigenvalue weighted by molar-refractivity contribution is 14.1. The number of rotatable bonds is 6. The van der Waals surface area contributed by atoms with Crippen molar-refractivity contribution in [1.29, 1.82) is 0 Å². The average Bonchev–Trinajstić information content (AvgIpc) is 2.32. The zero-order valence-electron chi connectivity index (χ0n) is 9.31. The molecular formula is C12H14BrFINO. The van der Waals surface area contributed by atoms with Gasteiger partial charge in [0.25, 0.3) is 5.91 Å². The SMILES string of the molecule is O=C(NCCCCCI)c1cc(Br)ccc1F. The minimum absolute atomic E-state index is 0.0910. The summed E-state index contributed by atoms with van der Waals surface area (Å²) in [5, 5.41) is 2.72. The molecule has 0 heterocycles. The molecule has 0 unspecified atom stereocenters. The molecule has 1 rings (SSSR count). The predicted octanol–water partition coefficient (Wildman–Crippen LogP) is 3.92. The standard InChI is InChI=1S/C12H14BrFINO/c13-9-4-5-11(14)10(8-9)12(17)16-7-3-1-2-6-15/h4-5,8H,1-3,6-7H2,(H,16,17). The van der Waals surface area contributed by atoms with E-state index in [-0.39, 0.29) is 11.5 Å². The van der Waals surface area contributed by atoms with Crippen LogP contribution in [0.15, 0.2) is 22.7 Å². The van der Waals surface area contributed by atoms with Crippen molar-refractivity contribution in [2.75, 3.05) is 11.0 Å². The molecule has 17 heavy (non-hydrogen) atoms. The number of benzene rings is 1. The van der Waals surface area contributed by atoms with Gasteiger partial charge in [-0.05, 0) is 35.5 Å². The lowest BCUT2D eigenvalue weighted by atomic mass is 10.2. The maximum absolute atomic E-state index is 13.4. The Hall–Kier alpha value is -0.170. The molecule has 1 N–H and O–H groups in total. The van der Waals surface area contributed by atoms with Gasteiger partial charge in [0.2, 0.25) is 0 Å². The monoisotopic (exact) mass is 413 g/mol. The Morgan fingerprint density at radius 3 is 2.82 bits per heavy atom. The highest BCUT2D eigenvalue weighted by atomic mass is 127. The number of nitrogens with one attached hydrogen (secondary N) is 1. The molecule has 1 aromatic carbocycles. The second-order valence-electron chi connectivity index (χ2n) is 3.63. The Morgan fingerprint density at radius 2 is 2.12 bits per heavy atom. The maximum Gasteiger partial charge on any atom is 0.254 e. The molecule has 0 aromatic heterocycles. The maximum atomic E-state index is 13.4. The van der Waals surface area contributed by atoms with Gasteiger partial charge in [-0.3, -0.25) is 4.79 Å². The summed E-state index contributed by atoms with van der Waals surface area (Å²) in [5.41, 5.74) is 0.0910. The molecular weight excluding hydrogens is 400 g/mol. The van der Waals surface area contributed by atoms with E-state index < -0.39 is 5.82 Å².